The molecule has 0 aromatic heterocycles. The van der Waals surface area contributed by atoms with Crippen molar-refractivity contribution in [2.24, 2.45) is 17.8 Å². The molecule has 1 unspecified atom stereocenters. The van der Waals surface area contributed by atoms with Crippen molar-refractivity contribution in [1.29, 1.82) is 0 Å². The molecule has 4 aliphatic rings. The predicted molar refractivity (Wildman–Crippen MR) is 162 cm³/mol. The summed E-state index contributed by atoms with van der Waals surface area (Å²) in [6.07, 6.45) is 8.86. The van der Waals surface area contributed by atoms with Crippen molar-refractivity contribution in [3.8, 4) is 5.75 Å². The normalized spacial score (nSPS) is 32.5. The molecule has 4 aliphatic heterocycles. The predicted octanol–water partition coefficient (Wildman–Crippen LogP) is 3.89. The Morgan fingerprint density at radius 3 is 2.27 bits per heavy atom. The van der Waals surface area contributed by atoms with Crippen LogP contribution in [0.25, 0.3) is 0 Å². The van der Waals surface area contributed by atoms with Crippen LogP contribution in [0.2, 0.25) is 0 Å². The van der Waals surface area contributed by atoms with Crippen LogP contribution >= 0.6 is 11.8 Å². The third-order valence-electron chi connectivity index (χ3n) is 9.45. The van der Waals surface area contributed by atoms with E-state index in [0.717, 1.165) is 17.9 Å². The molecule has 41 heavy (non-hydrogen) atoms. The molecule has 7 atom stereocenters. The lowest BCUT2D eigenvalue weighted by Gasteiger charge is -2.42. The van der Waals surface area contributed by atoms with Gasteiger partial charge in [-0.3, -0.25) is 14.4 Å². The van der Waals surface area contributed by atoms with E-state index in [1.54, 1.807) is 21.6 Å². The Hall–Kier alpha value is -2.78. The van der Waals surface area contributed by atoms with E-state index in [-0.39, 0.29) is 36.3 Å². The molecule has 222 valence electrons. The van der Waals surface area contributed by atoms with Crippen molar-refractivity contribution < 1.29 is 24.2 Å². The number of anilines is 1. The van der Waals surface area contributed by atoms with E-state index in [2.05, 4.69) is 6.08 Å². The monoisotopic (exact) mass is 581 g/mol. The van der Waals surface area contributed by atoms with Gasteiger partial charge < -0.3 is 24.5 Å². The van der Waals surface area contributed by atoms with Gasteiger partial charge in [0, 0.05) is 29.6 Å². The molecule has 1 N–H and O–H groups in total. The Morgan fingerprint density at radius 1 is 0.976 bits per heavy atom. The molecule has 2 fully saturated rings. The number of thioether (sulfide) groups is 1. The van der Waals surface area contributed by atoms with Crippen molar-refractivity contribution in [3.63, 3.8) is 0 Å². The van der Waals surface area contributed by atoms with Crippen molar-refractivity contribution in [2.75, 3.05) is 31.2 Å². The summed E-state index contributed by atoms with van der Waals surface area (Å²) >= 11 is 1.58. The van der Waals surface area contributed by atoms with Gasteiger partial charge in [-0.1, -0.05) is 44.6 Å². The van der Waals surface area contributed by atoms with E-state index >= 15 is 0 Å². The molecule has 8 nitrogen and oxygen atoms in total. The first-order valence-electron chi connectivity index (χ1n) is 14.9. The van der Waals surface area contributed by atoms with Crippen molar-refractivity contribution in [3.05, 3.63) is 48.6 Å². The summed E-state index contributed by atoms with van der Waals surface area (Å²) in [5.74, 6) is -1.17. The second kappa shape index (κ2) is 11.1. The van der Waals surface area contributed by atoms with Gasteiger partial charge >= 0.3 is 0 Å². The van der Waals surface area contributed by atoms with Crippen LogP contribution in [0.4, 0.5) is 5.69 Å². The fourth-order valence-corrected chi connectivity index (χ4v) is 9.38. The first kappa shape index (κ1) is 29.7. The van der Waals surface area contributed by atoms with E-state index in [4.69, 9.17) is 4.74 Å². The highest BCUT2D eigenvalue weighted by Gasteiger charge is 2.74. The molecular weight excluding hydrogens is 538 g/mol. The van der Waals surface area contributed by atoms with E-state index in [1.165, 1.54) is 0 Å². The van der Waals surface area contributed by atoms with E-state index < -0.39 is 33.4 Å². The maximum absolute atomic E-state index is 14.7. The molecule has 0 radical (unpaired) electrons. The number of fused-ring (bicyclic) bond motifs is 2. The first-order chi connectivity index (χ1) is 19.5. The molecule has 1 aromatic carbocycles. The Labute approximate surface area is 247 Å². The summed E-state index contributed by atoms with van der Waals surface area (Å²) < 4.78 is 3.98. The van der Waals surface area contributed by atoms with Gasteiger partial charge in [-0.15, -0.1) is 11.8 Å². The number of hydrogen-bond donors (Lipinski definition) is 1. The Kier molecular flexibility index (Phi) is 8.07. The number of nitrogens with zero attached hydrogens (tertiary/aromatic N) is 3. The van der Waals surface area contributed by atoms with Crippen LogP contribution in [-0.4, -0.2) is 86.6 Å². The third-order valence-corrected chi connectivity index (χ3v) is 11.3. The number of carbonyl (C=O) groups is 3. The molecule has 1 aromatic rings. The number of likely N-dealkylation sites (tertiary alicyclic amines) is 1. The quantitative estimate of drug-likeness (QED) is 0.469. The van der Waals surface area contributed by atoms with Gasteiger partial charge in [0.2, 0.25) is 17.7 Å². The maximum Gasteiger partial charge on any atom is 0.247 e. The number of rotatable bonds is 8. The number of aliphatic hydroxyl groups is 1. The minimum absolute atomic E-state index is 0.0196. The molecule has 0 aliphatic carbocycles. The van der Waals surface area contributed by atoms with Crippen LogP contribution in [0.15, 0.2) is 48.6 Å². The molecule has 0 saturated carbocycles. The summed E-state index contributed by atoms with van der Waals surface area (Å²) in [4.78, 5) is 48.9. The maximum atomic E-state index is 14.7. The summed E-state index contributed by atoms with van der Waals surface area (Å²) in [7, 11) is 0. The molecular formula is C32H43N3O5S. The SMILES string of the molecule is CCOc1ccc(N2CC=C[C@]3(C)S[C@]45C=CCN(C(C)C)C(=O)C4N([C@@H](CO)[C@@H](C)CC)C(=O)[C@@H]5[C@@H]3C2=O)cc1. The topological polar surface area (TPSA) is 90.4 Å². The Balaban J connectivity index is 1.63. The minimum Gasteiger partial charge on any atom is -0.494 e. The van der Waals surface area contributed by atoms with Gasteiger partial charge in [-0.2, -0.15) is 0 Å². The molecule has 0 bridgehead atoms. The standard InChI is InChI=1S/C32H43N3O5S/c1-7-21(5)24(19-36)35-27-30(39)33(20(3)4)17-10-16-32(27)26(29(35)38)25-28(37)34(18-9-15-31(25,6)41-32)22-11-13-23(14-12-22)40-8-2/h9-16,20-21,24-27,36H,7-8,17-19H2,1-6H3/t21-,24-,25+,26-,27?,31-,32-/m0/s1. The van der Waals surface area contributed by atoms with Gasteiger partial charge in [0.25, 0.3) is 0 Å². The molecule has 1 spiro atoms. The van der Waals surface area contributed by atoms with E-state index in [9.17, 15) is 19.5 Å². The second-order valence-electron chi connectivity index (χ2n) is 12.1. The van der Waals surface area contributed by atoms with Crippen LogP contribution in [0.5, 0.6) is 5.75 Å². The smallest absolute Gasteiger partial charge is 0.247 e. The zero-order valence-corrected chi connectivity index (χ0v) is 25.8. The zero-order chi connectivity index (χ0) is 29.7. The van der Waals surface area contributed by atoms with Gasteiger partial charge in [-0.05, 0) is 57.9 Å². The average molecular weight is 582 g/mol. The largest absolute Gasteiger partial charge is 0.494 e. The lowest BCUT2D eigenvalue weighted by Crippen LogP contribution is -2.58. The number of ether oxygens (including phenoxy) is 1. The Morgan fingerprint density at radius 2 is 1.66 bits per heavy atom. The number of benzene rings is 1. The van der Waals surface area contributed by atoms with E-state index in [0.29, 0.717) is 19.7 Å². The van der Waals surface area contributed by atoms with Crippen LogP contribution in [-0.2, 0) is 14.4 Å². The molecule has 4 heterocycles. The van der Waals surface area contributed by atoms with Gasteiger partial charge in [0.15, 0.2) is 0 Å². The summed E-state index contributed by atoms with van der Waals surface area (Å²) in [5.41, 5.74) is 0.739. The lowest BCUT2D eigenvalue weighted by atomic mass is 9.74. The molecule has 9 heteroatoms. The Bertz CT molecular complexity index is 1250. The number of carbonyl (C=O) groups excluding carboxylic acids is 3. The molecule has 2 saturated heterocycles. The average Bonchev–Trinajstić information content (AvgIpc) is 3.20. The van der Waals surface area contributed by atoms with Crippen molar-refractivity contribution in [2.45, 2.75) is 75.6 Å². The second-order valence-corrected chi connectivity index (χ2v) is 13.9. The van der Waals surface area contributed by atoms with Crippen LogP contribution in [0.3, 0.4) is 0 Å². The fraction of sp³-hybridized carbons (Fsp3) is 0.594. The van der Waals surface area contributed by atoms with Crippen LogP contribution in [0.1, 0.15) is 48.0 Å². The van der Waals surface area contributed by atoms with Gasteiger partial charge in [0.1, 0.15) is 11.8 Å². The number of hydrogen-bond acceptors (Lipinski definition) is 6. The van der Waals surface area contributed by atoms with Crippen molar-refractivity contribution in [1.82, 2.24) is 9.80 Å². The van der Waals surface area contributed by atoms with Gasteiger partial charge in [0.05, 0.1) is 35.8 Å². The van der Waals surface area contributed by atoms with Crippen LogP contribution in [0, 0.1) is 17.8 Å². The van der Waals surface area contributed by atoms with Crippen LogP contribution < -0.4 is 9.64 Å². The van der Waals surface area contributed by atoms with Gasteiger partial charge in [-0.25, -0.2) is 0 Å². The summed E-state index contributed by atoms with van der Waals surface area (Å²) in [5, 5.41) is 10.6. The zero-order valence-electron chi connectivity index (χ0n) is 24.9. The highest BCUT2D eigenvalue weighted by Crippen LogP contribution is 2.66. The highest BCUT2D eigenvalue weighted by molar-refractivity contribution is 8.02. The number of aliphatic hydroxyl groups excluding tert-OH is 1. The summed E-state index contributed by atoms with van der Waals surface area (Å²) in [6.45, 7) is 13.1. The number of amides is 3. The first-order valence-corrected chi connectivity index (χ1v) is 15.7. The molecule has 3 amide bonds. The highest BCUT2D eigenvalue weighted by atomic mass is 32.2. The lowest BCUT2D eigenvalue weighted by molar-refractivity contribution is -0.147. The summed E-state index contributed by atoms with van der Waals surface area (Å²) in [6, 6.07) is 6.09. The van der Waals surface area contributed by atoms with Crippen molar-refractivity contribution >= 4 is 35.2 Å². The van der Waals surface area contributed by atoms with E-state index in [1.807, 2.05) is 88.9 Å². The fourth-order valence-electron chi connectivity index (χ4n) is 7.24. The minimum atomic E-state index is -0.931. The third kappa shape index (κ3) is 4.60. The molecule has 5 rings (SSSR count).